The first-order valence-electron chi connectivity index (χ1n) is 11.2. The Hall–Kier alpha value is -3.47. The lowest BCUT2D eigenvalue weighted by Gasteiger charge is -2.39. The van der Waals surface area contributed by atoms with Crippen molar-refractivity contribution in [1.29, 1.82) is 0 Å². The standard InChI is InChI=1S/C18H23FN4O2.2C2HF3O2/c1-13-3-4-16(25-13)10-23-6-2-5-18(12-23)7-15(11-24-18)22-17-20-8-14(19)9-21-17;2*3-2(4,5)1(6)7/h3-4,8-9,15H,2,5-7,10-12H2,1H3,(H,20,21,22);2*(H,6,7). The molecule has 10 nitrogen and oxygen atoms in total. The maximum Gasteiger partial charge on any atom is 0.490 e. The number of carboxylic acids is 2. The van der Waals surface area contributed by atoms with Crippen molar-refractivity contribution < 1.29 is 59.7 Å². The Morgan fingerprint density at radius 3 is 2.15 bits per heavy atom. The normalized spacial score (nSPS) is 21.4. The molecule has 0 radical (unpaired) electrons. The Balaban J connectivity index is 0.000000317. The number of carbonyl (C=O) groups is 2. The summed E-state index contributed by atoms with van der Waals surface area (Å²) in [5.41, 5.74) is -0.127. The Labute approximate surface area is 216 Å². The lowest BCUT2D eigenvalue weighted by Crippen LogP contribution is -2.47. The minimum atomic E-state index is -5.08. The van der Waals surface area contributed by atoms with Gasteiger partial charge in [0.2, 0.25) is 5.95 Å². The third-order valence-corrected chi connectivity index (χ3v) is 5.44. The van der Waals surface area contributed by atoms with Gasteiger partial charge in [-0.25, -0.2) is 23.9 Å². The van der Waals surface area contributed by atoms with Gasteiger partial charge in [0.05, 0.1) is 37.2 Å². The molecule has 4 heterocycles. The number of hydrogen-bond acceptors (Lipinski definition) is 8. The number of alkyl halides is 6. The predicted octanol–water partition coefficient (Wildman–Crippen LogP) is 4.02. The van der Waals surface area contributed by atoms with E-state index in [0.29, 0.717) is 12.6 Å². The number of furan rings is 1. The average molecular weight is 574 g/mol. The summed E-state index contributed by atoms with van der Waals surface area (Å²) in [6, 6.07) is 4.20. The number of nitrogens with one attached hydrogen (secondary N) is 1. The van der Waals surface area contributed by atoms with Crippen LogP contribution in [0.25, 0.3) is 0 Å². The van der Waals surface area contributed by atoms with E-state index in [1.165, 1.54) is 12.4 Å². The van der Waals surface area contributed by atoms with Crippen LogP contribution in [-0.4, -0.2) is 80.7 Å². The van der Waals surface area contributed by atoms with E-state index in [4.69, 9.17) is 29.0 Å². The molecule has 0 aliphatic carbocycles. The van der Waals surface area contributed by atoms with E-state index in [-0.39, 0.29) is 11.6 Å². The lowest BCUT2D eigenvalue weighted by molar-refractivity contribution is -0.193. The number of piperidine rings is 1. The number of halogens is 7. The van der Waals surface area contributed by atoms with Gasteiger partial charge in [0.15, 0.2) is 5.82 Å². The summed E-state index contributed by atoms with van der Waals surface area (Å²) in [5, 5.41) is 17.5. The van der Waals surface area contributed by atoms with Crippen molar-refractivity contribution in [3.8, 4) is 0 Å². The molecule has 0 aromatic carbocycles. The van der Waals surface area contributed by atoms with Gasteiger partial charge in [0.1, 0.15) is 11.5 Å². The maximum atomic E-state index is 12.9. The lowest BCUT2D eigenvalue weighted by atomic mass is 9.88. The SMILES string of the molecule is Cc1ccc(CN2CCCC3(CC(Nc4ncc(F)cn4)CO3)C2)o1.O=C(O)C(F)(F)F.O=C(O)C(F)(F)F. The summed E-state index contributed by atoms with van der Waals surface area (Å²) < 4.78 is 88.3. The molecule has 1 spiro atoms. The molecule has 4 rings (SSSR count). The summed E-state index contributed by atoms with van der Waals surface area (Å²) in [5.74, 6) is -3.55. The number of likely N-dealkylation sites (tertiary alicyclic amines) is 1. The second-order valence-corrected chi connectivity index (χ2v) is 8.70. The minimum Gasteiger partial charge on any atom is -0.475 e. The summed E-state index contributed by atoms with van der Waals surface area (Å²) in [6.45, 7) is 5.36. The summed E-state index contributed by atoms with van der Waals surface area (Å²) in [4.78, 5) is 28.1. The van der Waals surface area contributed by atoms with Gasteiger partial charge in [-0.15, -0.1) is 0 Å². The van der Waals surface area contributed by atoms with Crippen LogP contribution in [0.3, 0.4) is 0 Å². The number of carboxylic acid groups (broad SMARTS) is 2. The van der Waals surface area contributed by atoms with E-state index in [9.17, 15) is 30.7 Å². The Bertz CT molecular complexity index is 1070. The number of aliphatic carboxylic acids is 2. The largest absolute Gasteiger partial charge is 0.490 e. The Morgan fingerprint density at radius 2 is 1.67 bits per heavy atom. The molecule has 2 aromatic heterocycles. The maximum absolute atomic E-state index is 12.9. The molecule has 0 amide bonds. The van der Waals surface area contributed by atoms with Crippen LogP contribution in [0, 0.1) is 12.7 Å². The highest BCUT2D eigenvalue weighted by Gasteiger charge is 2.44. The fourth-order valence-electron chi connectivity index (χ4n) is 3.91. The monoisotopic (exact) mass is 574 g/mol. The van der Waals surface area contributed by atoms with E-state index >= 15 is 0 Å². The molecule has 2 aliphatic rings. The van der Waals surface area contributed by atoms with Crippen LogP contribution in [0.4, 0.5) is 36.7 Å². The van der Waals surface area contributed by atoms with Crippen LogP contribution < -0.4 is 5.32 Å². The van der Waals surface area contributed by atoms with E-state index in [2.05, 4.69) is 20.2 Å². The molecule has 2 aromatic rings. The minimum absolute atomic E-state index is 0.127. The topological polar surface area (TPSA) is 138 Å². The number of rotatable bonds is 4. The van der Waals surface area contributed by atoms with Gasteiger partial charge in [-0.3, -0.25) is 4.90 Å². The highest BCUT2D eigenvalue weighted by Crippen LogP contribution is 2.36. The quantitative estimate of drug-likeness (QED) is 0.459. The predicted molar refractivity (Wildman–Crippen MR) is 118 cm³/mol. The molecule has 0 bridgehead atoms. The van der Waals surface area contributed by atoms with Crippen molar-refractivity contribution in [2.24, 2.45) is 0 Å². The Kier molecular flexibility index (Phi) is 10.6. The first-order chi connectivity index (χ1) is 18.0. The van der Waals surface area contributed by atoms with Crippen LogP contribution in [0.1, 0.15) is 30.8 Å². The number of aromatic nitrogens is 2. The van der Waals surface area contributed by atoms with Crippen LogP contribution in [0.2, 0.25) is 0 Å². The molecule has 218 valence electrons. The fraction of sp³-hybridized carbons (Fsp3) is 0.545. The molecule has 2 saturated heterocycles. The zero-order valence-corrected chi connectivity index (χ0v) is 20.4. The highest BCUT2D eigenvalue weighted by atomic mass is 19.4. The van der Waals surface area contributed by atoms with E-state index in [1.807, 2.05) is 19.1 Å². The van der Waals surface area contributed by atoms with Gasteiger partial charge in [0.25, 0.3) is 0 Å². The average Bonchev–Trinajstić information content (AvgIpc) is 3.40. The van der Waals surface area contributed by atoms with Gasteiger partial charge in [-0.1, -0.05) is 0 Å². The van der Waals surface area contributed by atoms with Crippen LogP contribution in [0.5, 0.6) is 0 Å². The molecule has 2 fully saturated rings. The van der Waals surface area contributed by atoms with Crippen LogP contribution in [0.15, 0.2) is 28.9 Å². The third kappa shape index (κ3) is 10.7. The second-order valence-electron chi connectivity index (χ2n) is 8.70. The highest BCUT2D eigenvalue weighted by molar-refractivity contribution is 5.73. The Morgan fingerprint density at radius 1 is 1.10 bits per heavy atom. The number of aryl methyl sites for hydroxylation is 1. The fourth-order valence-corrected chi connectivity index (χ4v) is 3.91. The third-order valence-electron chi connectivity index (χ3n) is 5.44. The molecule has 2 aliphatic heterocycles. The molecule has 0 saturated carbocycles. The van der Waals surface area contributed by atoms with Crippen molar-refractivity contribution in [2.45, 2.75) is 56.7 Å². The molecule has 2 unspecified atom stereocenters. The van der Waals surface area contributed by atoms with Gasteiger partial charge < -0.3 is 24.7 Å². The van der Waals surface area contributed by atoms with Crippen LogP contribution in [-0.2, 0) is 20.9 Å². The van der Waals surface area contributed by atoms with Crippen molar-refractivity contribution in [3.05, 3.63) is 41.9 Å². The van der Waals surface area contributed by atoms with Crippen molar-refractivity contribution in [1.82, 2.24) is 14.9 Å². The molecule has 3 N–H and O–H groups in total. The zero-order chi connectivity index (χ0) is 29.4. The number of ether oxygens (including phenoxy) is 1. The van der Waals surface area contributed by atoms with E-state index in [0.717, 1.165) is 50.4 Å². The number of nitrogens with zero attached hydrogens (tertiary/aromatic N) is 3. The molecule has 17 heteroatoms. The van der Waals surface area contributed by atoms with Crippen LogP contribution >= 0.6 is 0 Å². The van der Waals surface area contributed by atoms with Crippen molar-refractivity contribution in [2.75, 3.05) is 25.0 Å². The summed E-state index contributed by atoms with van der Waals surface area (Å²) in [7, 11) is 0. The van der Waals surface area contributed by atoms with Crippen molar-refractivity contribution in [3.63, 3.8) is 0 Å². The number of hydrogen-bond donors (Lipinski definition) is 3. The zero-order valence-electron chi connectivity index (χ0n) is 20.4. The molecular formula is C22H25F7N4O6. The van der Waals surface area contributed by atoms with Gasteiger partial charge in [0, 0.05) is 13.0 Å². The second kappa shape index (κ2) is 13.1. The first-order valence-corrected chi connectivity index (χ1v) is 11.2. The number of anilines is 1. The van der Waals surface area contributed by atoms with Gasteiger partial charge in [-0.2, -0.15) is 26.3 Å². The first kappa shape index (κ1) is 31.7. The molecule has 39 heavy (non-hydrogen) atoms. The summed E-state index contributed by atoms with van der Waals surface area (Å²) >= 11 is 0. The smallest absolute Gasteiger partial charge is 0.475 e. The summed E-state index contributed by atoms with van der Waals surface area (Å²) in [6.07, 6.45) is -4.74. The molecule has 2 atom stereocenters. The van der Waals surface area contributed by atoms with Crippen molar-refractivity contribution >= 4 is 17.9 Å². The molecular weight excluding hydrogens is 549 g/mol. The van der Waals surface area contributed by atoms with E-state index < -0.39 is 30.1 Å². The van der Waals surface area contributed by atoms with Gasteiger partial charge in [-0.05, 0) is 38.4 Å². The van der Waals surface area contributed by atoms with Gasteiger partial charge >= 0.3 is 24.3 Å². The van der Waals surface area contributed by atoms with E-state index in [1.54, 1.807) is 0 Å².